The summed E-state index contributed by atoms with van der Waals surface area (Å²) >= 11 is 0. The molecule has 6 nitrogen and oxygen atoms in total. The van der Waals surface area contributed by atoms with Gasteiger partial charge in [-0.05, 0) is 59.9 Å². The zero-order valence-corrected chi connectivity index (χ0v) is 21.9. The Bertz CT molecular complexity index is 1470. The molecule has 0 bridgehead atoms. The fraction of sp³-hybridized carbons (Fsp3) is 0.323. The van der Waals surface area contributed by atoms with Crippen LogP contribution in [0.3, 0.4) is 0 Å². The molecule has 8 heteroatoms. The molecule has 5 rings (SSSR count). The first kappa shape index (κ1) is 27.0. The lowest BCUT2D eigenvalue weighted by Crippen LogP contribution is -2.46. The number of fused-ring (bicyclic) bond motifs is 3. The Hall–Kier alpha value is -3.59. The second-order valence-corrected chi connectivity index (χ2v) is 10.2. The van der Waals surface area contributed by atoms with E-state index in [0.29, 0.717) is 24.3 Å². The molecule has 2 heterocycles. The van der Waals surface area contributed by atoms with Gasteiger partial charge in [0.2, 0.25) is 0 Å². The normalized spacial score (nSPS) is 14.7. The maximum absolute atomic E-state index is 13.9. The largest absolute Gasteiger partial charge is 0.390 e. The van der Waals surface area contributed by atoms with E-state index in [9.17, 15) is 18.7 Å². The summed E-state index contributed by atoms with van der Waals surface area (Å²) in [5.41, 5.74) is 12.3. The van der Waals surface area contributed by atoms with Crippen molar-refractivity contribution < 1.29 is 23.4 Å². The van der Waals surface area contributed by atoms with Crippen LogP contribution in [-0.4, -0.2) is 46.2 Å². The predicted octanol–water partition coefficient (Wildman–Crippen LogP) is 4.65. The molecule has 0 aliphatic carbocycles. The van der Waals surface area contributed by atoms with Crippen LogP contribution in [0.15, 0.2) is 60.7 Å². The Labute approximate surface area is 226 Å². The topological polar surface area (TPSA) is 91.6 Å². The number of rotatable bonds is 9. The first-order valence-electron chi connectivity index (χ1n) is 13.3. The number of nitrogens with one attached hydrogen (secondary N) is 1. The third-order valence-electron chi connectivity index (χ3n) is 7.34. The number of H-pyrrole nitrogens is 1. The number of aromatic nitrogens is 1. The van der Waals surface area contributed by atoms with E-state index in [1.54, 1.807) is 11.0 Å². The van der Waals surface area contributed by atoms with Gasteiger partial charge in [0.1, 0.15) is 11.6 Å². The van der Waals surface area contributed by atoms with Crippen LogP contribution in [0.2, 0.25) is 0 Å². The molecular weight excluding hydrogens is 500 g/mol. The Morgan fingerprint density at radius 1 is 1.08 bits per heavy atom. The highest BCUT2D eigenvalue weighted by atomic mass is 19.1. The number of aryl methyl sites for hydroxylation is 1. The van der Waals surface area contributed by atoms with Gasteiger partial charge in [0, 0.05) is 59.3 Å². The van der Waals surface area contributed by atoms with Gasteiger partial charge in [-0.25, -0.2) is 8.78 Å². The van der Waals surface area contributed by atoms with Gasteiger partial charge in [0.05, 0.1) is 19.3 Å². The number of benzene rings is 3. The molecule has 1 aliphatic heterocycles. The standard InChI is InChI=1S/C31H33F2N3O3/c1-2-19-4-3-5-20(10-19)16-36(17-30(37)27(34)13-21-11-23(32)15-24(33)12-21)31(38)22-6-7-28-25(14-22)26-18-39-9-8-29(26)35-28/h3-7,10-12,14-15,27,30,35,37H,2,8-9,13,16-18,34H2,1H3/t27-,30+/m0/s1. The summed E-state index contributed by atoms with van der Waals surface area (Å²) in [6.45, 7) is 3.46. The smallest absolute Gasteiger partial charge is 0.254 e. The van der Waals surface area contributed by atoms with E-state index in [4.69, 9.17) is 10.5 Å². The van der Waals surface area contributed by atoms with Crippen LogP contribution in [-0.2, 0) is 37.2 Å². The first-order valence-corrected chi connectivity index (χ1v) is 13.3. The number of nitrogens with two attached hydrogens (primary N) is 1. The van der Waals surface area contributed by atoms with E-state index in [-0.39, 0.29) is 25.4 Å². The molecule has 0 radical (unpaired) electrons. The lowest BCUT2D eigenvalue weighted by molar-refractivity contribution is 0.0554. The molecule has 0 saturated carbocycles. The molecule has 39 heavy (non-hydrogen) atoms. The van der Waals surface area contributed by atoms with E-state index < -0.39 is 23.8 Å². The molecule has 204 valence electrons. The van der Waals surface area contributed by atoms with E-state index in [0.717, 1.165) is 52.2 Å². The summed E-state index contributed by atoms with van der Waals surface area (Å²) in [6, 6.07) is 15.9. The van der Waals surface area contributed by atoms with Gasteiger partial charge in [0.15, 0.2) is 0 Å². The van der Waals surface area contributed by atoms with Crippen LogP contribution in [0.5, 0.6) is 0 Å². The zero-order valence-electron chi connectivity index (χ0n) is 21.9. The van der Waals surface area contributed by atoms with Crippen molar-refractivity contribution in [1.29, 1.82) is 0 Å². The van der Waals surface area contributed by atoms with Crippen molar-refractivity contribution in [2.75, 3.05) is 13.2 Å². The van der Waals surface area contributed by atoms with Gasteiger partial charge in [0.25, 0.3) is 5.91 Å². The summed E-state index contributed by atoms with van der Waals surface area (Å²) in [4.78, 5) is 18.9. The van der Waals surface area contributed by atoms with E-state index in [2.05, 4.69) is 11.9 Å². The van der Waals surface area contributed by atoms with Crippen molar-refractivity contribution in [3.05, 3.63) is 106 Å². The average molecular weight is 534 g/mol. The molecule has 4 N–H and O–H groups in total. The van der Waals surface area contributed by atoms with Crippen molar-refractivity contribution >= 4 is 16.8 Å². The van der Waals surface area contributed by atoms with Crippen molar-refractivity contribution in [1.82, 2.24) is 9.88 Å². The lowest BCUT2D eigenvalue weighted by atomic mass is 10.0. The summed E-state index contributed by atoms with van der Waals surface area (Å²) < 4.78 is 33.0. The molecule has 0 spiro atoms. The minimum atomic E-state index is -1.12. The second-order valence-electron chi connectivity index (χ2n) is 10.2. The highest BCUT2D eigenvalue weighted by Crippen LogP contribution is 2.28. The number of aliphatic hydroxyl groups excluding tert-OH is 1. The van der Waals surface area contributed by atoms with Gasteiger partial charge in [-0.1, -0.05) is 31.2 Å². The van der Waals surface area contributed by atoms with Gasteiger partial charge in [-0.15, -0.1) is 0 Å². The molecule has 3 aromatic carbocycles. The number of halogens is 2. The third-order valence-corrected chi connectivity index (χ3v) is 7.34. The fourth-order valence-corrected chi connectivity index (χ4v) is 5.23. The predicted molar refractivity (Wildman–Crippen MR) is 146 cm³/mol. The number of ether oxygens (including phenoxy) is 1. The number of nitrogens with zero attached hydrogens (tertiary/aromatic N) is 1. The number of aliphatic hydroxyl groups is 1. The number of hydrogen-bond acceptors (Lipinski definition) is 4. The van der Waals surface area contributed by atoms with Crippen LogP contribution in [0.4, 0.5) is 8.78 Å². The van der Waals surface area contributed by atoms with Crippen LogP contribution in [0, 0.1) is 11.6 Å². The second kappa shape index (κ2) is 11.7. The van der Waals surface area contributed by atoms with Crippen LogP contribution >= 0.6 is 0 Å². The van der Waals surface area contributed by atoms with Crippen LogP contribution in [0.1, 0.15) is 45.2 Å². The first-order chi connectivity index (χ1) is 18.8. The molecule has 0 fully saturated rings. The lowest BCUT2D eigenvalue weighted by Gasteiger charge is -2.28. The third kappa shape index (κ3) is 6.19. The van der Waals surface area contributed by atoms with Crippen molar-refractivity contribution in [3.63, 3.8) is 0 Å². The maximum Gasteiger partial charge on any atom is 0.254 e. The van der Waals surface area contributed by atoms with Crippen LogP contribution < -0.4 is 5.73 Å². The van der Waals surface area contributed by atoms with E-state index in [1.807, 2.05) is 36.4 Å². The summed E-state index contributed by atoms with van der Waals surface area (Å²) in [5.74, 6) is -1.65. The van der Waals surface area contributed by atoms with Gasteiger partial charge in [-0.3, -0.25) is 4.79 Å². The minimum absolute atomic E-state index is 0.0411. The molecular formula is C31H33F2N3O3. The van der Waals surface area contributed by atoms with Crippen molar-refractivity contribution in [2.24, 2.45) is 5.73 Å². The number of hydrogen-bond donors (Lipinski definition) is 3. The number of carbonyl (C=O) groups excluding carboxylic acids is 1. The molecule has 2 atom stereocenters. The number of aromatic amines is 1. The summed E-state index contributed by atoms with van der Waals surface area (Å²) in [7, 11) is 0. The molecule has 1 aromatic heterocycles. The average Bonchev–Trinajstić information content (AvgIpc) is 3.29. The number of carbonyl (C=O) groups is 1. The SMILES string of the molecule is CCc1cccc(CN(C[C@@H](O)[C@@H](N)Cc2cc(F)cc(F)c2)C(=O)c2ccc3[nH]c4c(c3c2)COCC4)c1. The monoisotopic (exact) mass is 533 g/mol. The highest BCUT2D eigenvalue weighted by molar-refractivity contribution is 5.99. The van der Waals surface area contributed by atoms with E-state index >= 15 is 0 Å². The van der Waals surface area contributed by atoms with Gasteiger partial charge in [-0.2, -0.15) is 0 Å². The molecule has 1 amide bonds. The zero-order chi connectivity index (χ0) is 27.5. The quantitative estimate of drug-likeness (QED) is 0.292. The van der Waals surface area contributed by atoms with Crippen molar-refractivity contribution in [2.45, 2.75) is 51.5 Å². The Kier molecular flexibility index (Phi) is 8.07. The molecule has 0 saturated heterocycles. The Morgan fingerprint density at radius 2 is 1.85 bits per heavy atom. The molecule has 1 aliphatic rings. The highest BCUT2D eigenvalue weighted by Gasteiger charge is 2.25. The Morgan fingerprint density at radius 3 is 2.62 bits per heavy atom. The van der Waals surface area contributed by atoms with Crippen molar-refractivity contribution in [3.8, 4) is 0 Å². The van der Waals surface area contributed by atoms with Crippen LogP contribution in [0.25, 0.3) is 10.9 Å². The van der Waals surface area contributed by atoms with Gasteiger partial charge >= 0.3 is 0 Å². The van der Waals surface area contributed by atoms with Gasteiger partial charge < -0.3 is 25.5 Å². The molecule has 4 aromatic rings. The Balaban J connectivity index is 1.41. The molecule has 0 unspecified atom stereocenters. The fourth-order valence-electron chi connectivity index (χ4n) is 5.23. The summed E-state index contributed by atoms with van der Waals surface area (Å²) in [6.07, 6.45) is 0.597. The number of amides is 1. The van der Waals surface area contributed by atoms with E-state index in [1.165, 1.54) is 12.1 Å². The maximum atomic E-state index is 13.9. The summed E-state index contributed by atoms with van der Waals surface area (Å²) in [5, 5.41) is 12.0. The minimum Gasteiger partial charge on any atom is -0.390 e.